The molecule has 45 heavy (non-hydrogen) atoms. The van der Waals surface area contributed by atoms with E-state index in [9.17, 15) is 14.7 Å². The van der Waals surface area contributed by atoms with Crippen LogP contribution in [0, 0.1) is 5.92 Å². The minimum Gasteiger partial charge on any atom is -0.497 e. The van der Waals surface area contributed by atoms with Gasteiger partial charge in [-0.15, -0.1) is 0 Å². The van der Waals surface area contributed by atoms with Crippen molar-refractivity contribution in [3.8, 4) is 5.75 Å². The number of rotatable bonds is 9. The summed E-state index contributed by atoms with van der Waals surface area (Å²) in [7, 11) is -0.562. The summed E-state index contributed by atoms with van der Waals surface area (Å²) in [5.41, 5.74) is 2.90. The van der Waals surface area contributed by atoms with E-state index in [1.807, 2.05) is 83.8 Å². The van der Waals surface area contributed by atoms with Gasteiger partial charge < -0.3 is 24.8 Å². The van der Waals surface area contributed by atoms with Crippen LogP contribution in [0.1, 0.15) is 34.8 Å². The summed E-state index contributed by atoms with van der Waals surface area (Å²) in [5.74, 6) is 0.453. The highest BCUT2D eigenvalue weighted by molar-refractivity contribution is 6.91. The van der Waals surface area contributed by atoms with Crippen LogP contribution in [0.5, 0.6) is 5.75 Å². The van der Waals surface area contributed by atoms with Crippen LogP contribution in [0.25, 0.3) is 0 Å². The number of hydrogen-bond acceptors (Lipinski definition) is 5. The lowest BCUT2D eigenvalue weighted by Gasteiger charge is -2.37. The van der Waals surface area contributed by atoms with Crippen LogP contribution in [0.3, 0.4) is 0 Å². The smallest absolute Gasteiger partial charge is 0.264 e. The van der Waals surface area contributed by atoms with Crippen LogP contribution in [-0.4, -0.2) is 44.8 Å². The quantitative estimate of drug-likeness (QED) is 0.221. The highest BCUT2D eigenvalue weighted by atomic mass is 28.3. The lowest BCUT2D eigenvalue weighted by molar-refractivity contribution is -0.146. The molecule has 2 aliphatic rings. The number of aliphatic hydroxyl groups is 1. The molecule has 0 radical (unpaired) electrons. The first kappa shape index (κ1) is 30.8. The maximum atomic E-state index is 14.7. The largest absolute Gasteiger partial charge is 0.497 e. The van der Waals surface area contributed by atoms with Gasteiger partial charge >= 0.3 is 0 Å². The number of hydrogen-bond donors (Lipinski definition) is 2. The Kier molecular flexibility index (Phi) is 8.39. The second kappa shape index (κ2) is 12.3. The van der Waals surface area contributed by atoms with Crippen molar-refractivity contribution >= 4 is 36.4 Å². The SMILES string of the molecule is COc1ccc([Si](C)(C)[C@H]2[C@H](CCO)O[C@@]3(C(=O)N(Cc4ccc(NC(=O)c5ccccc5)cc4)c4ccccc43)[C@@H]2C)cc1. The second-order valence-electron chi connectivity index (χ2n) is 12.6. The summed E-state index contributed by atoms with van der Waals surface area (Å²) in [6, 6.07) is 32.9. The number of aliphatic hydroxyl groups excluding tert-OH is 1. The fourth-order valence-corrected chi connectivity index (χ4v) is 11.6. The van der Waals surface area contributed by atoms with Crippen LogP contribution >= 0.6 is 0 Å². The fraction of sp³-hybridized carbons (Fsp3) is 0.297. The van der Waals surface area contributed by atoms with Crippen molar-refractivity contribution in [1.29, 1.82) is 0 Å². The van der Waals surface area contributed by atoms with Gasteiger partial charge in [0.2, 0.25) is 0 Å². The third kappa shape index (κ3) is 5.37. The minimum absolute atomic E-state index is 0.0101. The molecule has 1 saturated heterocycles. The molecular weight excluding hydrogens is 581 g/mol. The Hall–Kier alpha value is -4.24. The van der Waals surface area contributed by atoms with Crippen LogP contribution < -0.4 is 20.1 Å². The third-order valence-corrected chi connectivity index (χ3v) is 14.1. The number of nitrogens with zero attached hydrogens (tertiary/aromatic N) is 1. The van der Waals surface area contributed by atoms with Crippen LogP contribution in [-0.2, 0) is 21.7 Å². The second-order valence-corrected chi connectivity index (χ2v) is 17.3. The predicted molar refractivity (Wildman–Crippen MR) is 180 cm³/mol. The van der Waals surface area contributed by atoms with Crippen molar-refractivity contribution in [3.63, 3.8) is 0 Å². The van der Waals surface area contributed by atoms with Gasteiger partial charge in [-0.1, -0.05) is 85.9 Å². The average Bonchev–Trinajstić information content (AvgIpc) is 3.49. The number of ether oxygens (including phenoxy) is 2. The molecule has 4 aromatic carbocycles. The summed E-state index contributed by atoms with van der Waals surface area (Å²) < 4.78 is 12.4. The maximum Gasteiger partial charge on any atom is 0.264 e. The van der Waals surface area contributed by atoms with Crippen molar-refractivity contribution < 1.29 is 24.2 Å². The molecule has 8 heteroatoms. The average molecular weight is 621 g/mol. The van der Waals surface area contributed by atoms with E-state index in [0.29, 0.717) is 24.2 Å². The van der Waals surface area contributed by atoms with Gasteiger partial charge in [-0.2, -0.15) is 0 Å². The Bertz CT molecular complexity index is 1680. The standard InChI is InChI=1S/C37H40N2O5Si/c1-25-34(45(3,4)30-20-18-29(43-2)19-21-30)33(22-23-40)44-37(25)31-12-8-9-13-32(31)39(36(37)42)24-26-14-16-28(17-15-26)38-35(41)27-10-6-5-7-11-27/h5-21,25,33-34,40H,22-24H2,1-4H3,(H,38,41)/t25-,33+,34-,37+/m1/s1. The van der Waals surface area contributed by atoms with Gasteiger partial charge in [0.15, 0.2) is 5.60 Å². The van der Waals surface area contributed by atoms with E-state index in [4.69, 9.17) is 9.47 Å². The van der Waals surface area contributed by atoms with Gasteiger partial charge in [0.1, 0.15) is 5.75 Å². The first-order valence-electron chi connectivity index (χ1n) is 15.5. The molecule has 0 saturated carbocycles. The Labute approximate surface area is 265 Å². The maximum absolute atomic E-state index is 14.7. The van der Waals surface area contributed by atoms with Gasteiger partial charge in [-0.25, -0.2) is 0 Å². The highest BCUT2D eigenvalue weighted by Crippen LogP contribution is 2.60. The van der Waals surface area contributed by atoms with E-state index >= 15 is 0 Å². The molecule has 0 aromatic heterocycles. The summed E-state index contributed by atoms with van der Waals surface area (Å²) in [5, 5.41) is 14.3. The number of para-hydroxylation sites is 1. The molecule has 1 spiro atoms. The van der Waals surface area contributed by atoms with E-state index in [2.05, 4.69) is 37.5 Å². The number of benzene rings is 4. The summed E-state index contributed by atoms with van der Waals surface area (Å²) in [6.45, 7) is 7.19. The zero-order valence-electron chi connectivity index (χ0n) is 26.2. The van der Waals surface area contributed by atoms with Crippen molar-refractivity contribution in [1.82, 2.24) is 0 Å². The van der Waals surface area contributed by atoms with Crippen LogP contribution in [0.15, 0.2) is 103 Å². The molecule has 2 amide bonds. The number of nitrogens with one attached hydrogen (secondary N) is 1. The first-order chi connectivity index (χ1) is 21.7. The first-order valence-corrected chi connectivity index (χ1v) is 18.6. The molecule has 2 aliphatic heterocycles. The molecular formula is C37H40N2O5Si. The molecule has 6 rings (SSSR count). The van der Waals surface area contributed by atoms with Crippen LogP contribution in [0.2, 0.25) is 18.6 Å². The lowest BCUT2D eigenvalue weighted by Crippen LogP contribution is -2.51. The van der Waals surface area contributed by atoms with Crippen LogP contribution in [0.4, 0.5) is 11.4 Å². The number of carbonyl (C=O) groups is 2. The topological polar surface area (TPSA) is 88.1 Å². The Balaban J connectivity index is 1.29. The Morgan fingerprint density at radius 2 is 1.62 bits per heavy atom. The summed E-state index contributed by atoms with van der Waals surface area (Å²) in [6.07, 6.45) is 0.202. The molecule has 0 bridgehead atoms. The molecule has 0 aliphatic carbocycles. The van der Waals surface area contributed by atoms with Gasteiger partial charge in [-0.3, -0.25) is 9.59 Å². The van der Waals surface area contributed by atoms with E-state index in [1.165, 1.54) is 5.19 Å². The van der Waals surface area contributed by atoms with Gasteiger partial charge in [0, 0.05) is 29.3 Å². The number of fused-ring (bicyclic) bond motifs is 2. The molecule has 232 valence electrons. The zero-order valence-corrected chi connectivity index (χ0v) is 27.2. The van der Waals surface area contributed by atoms with E-state index in [1.54, 1.807) is 19.2 Å². The van der Waals surface area contributed by atoms with Gasteiger partial charge in [-0.05, 0) is 60.0 Å². The molecule has 2 N–H and O–H groups in total. The Morgan fingerprint density at radius 3 is 2.29 bits per heavy atom. The van der Waals surface area contributed by atoms with Crippen molar-refractivity contribution in [2.45, 2.75) is 50.2 Å². The number of anilines is 2. The summed E-state index contributed by atoms with van der Waals surface area (Å²) >= 11 is 0. The van der Waals surface area contributed by atoms with E-state index in [-0.39, 0.29) is 36.0 Å². The van der Waals surface area contributed by atoms with Gasteiger partial charge in [0.05, 0.1) is 33.5 Å². The highest BCUT2D eigenvalue weighted by Gasteiger charge is 2.66. The Morgan fingerprint density at radius 1 is 0.956 bits per heavy atom. The number of methoxy groups -OCH3 is 1. The lowest BCUT2D eigenvalue weighted by atomic mass is 9.82. The van der Waals surface area contributed by atoms with Gasteiger partial charge in [0.25, 0.3) is 11.8 Å². The fourth-order valence-electron chi connectivity index (χ4n) is 7.49. The molecule has 4 aromatic rings. The predicted octanol–water partition coefficient (Wildman–Crippen LogP) is 6.09. The number of amides is 2. The van der Waals surface area contributed by atoms with E-state index < -0.39 is 13.7 Å². The molecule has 7 nitrogen and oxygen atoms in total. The summed E-state index contributed by atoms with van der Waals surface area (Å²) in [4.78, 5) is 29.2. The zero-order chi connectivity index (χ0) is 31.8. The van der Waals surface area contributed by atoms with Crippen molar-refractivity contribution in [2.75, 3.05) is 23.9 Å². The molecule has 4 atom stereocenters. The molecule has 0 unspecified atom stereocenters. The minimum atomic E-state index is -2.23. The normalized spacial score (nSPS) is 22.5. The molecule has 2 heterocycles. The van der Waals surface area contributed by atoms with Crippen molar-refractivity contribution in [2.24, 2.45) is 5.92 Å². The number of carbonyl (C=O) groups excluding carboxylic acids is 2. The van der Waals surface area contributed by atoms with Crippen molar-refractivity contribution in [3.05, 3.63) is 120 Å². The molecule has 1 fully saturated rings. The third-order valence-electron chi connectivity index (χ3n) is 9.75. The monoisotopic (exact) mass is 620 g/mol. The van der Waals surface area contributed by atoms with E-state index in [0.717, 1.165) is 22.6 Å².